The molecule has 5 rings (SSSR count). The van der Waals surface area contributed by atoms with Crippen LogP contribution in [0.3, 0.4) is 0 Å². The van der Waals surface area contributed by atoms with Gasteiger partial charge in [-0.15, -0.1) is 0 Å². The van der Waals surface area contributed by atoms with Crippen LogP contribution in [0.1, 0.15) is 0 Å². The van der Waals surface area contributed by atoms with Gasteiger partial charge >= 0.3 is 0 Å². The highest BCUT2D eigenvalue weighted by Gasteiger charge is 2.21. The molecule has 6 heteroatoms. The second-order valence-electron chi connectivity index (χ2n) is 7.16. The third kappa shape index (κ3) is 3.14. The smallest absolute Gasteiger partial charge is 0.282 e. The van der Waals surface area contributed by atoms with E-state index in [4.69, 9.17) is 10.5 Å². The molecule has 0 fully saturated rings. The number of ether oxygens (including phenoxy) is 1. The number of nitrogens with zero attached hydrogens (tertiary/aromatic N) is 2. The molecule has 0 bridgehead atoms. The number of nitrogens with two attached hydrogens (primary N) is 1. The average molecular weight is 408 g/mol. The van der Waals surface area contributed by atoms with Crippen molar-refractivity contribution < 1.29 is 4.74 Å². The molecule has 0 radical (unpaired) electrons. The van der Waals surface area contributed by atoms with Crippen molar-refractivity contribution in [2.24, 2.45) is 0 Å². The van der Waals surface area contributed by atoms with Gasteiger partial charge in [-0.3, -0.25) is 9.89 Å². The minimum Gasteiger partial charge on any atom is -0.497 e. The number of hydrogen-bond donors (Lipinski definition) is 2. The highest BCUT2D eigenvalue weighted by Crippen LogP contribution is 2.35. The van der Waals surface area contributed by atoms with Crippen molar-refractivity contribution in [1.29, 1.82) is 0 Å². The average Bonchev–Trinajstić information content (AvgIpc) is 3.20. The zero-order valence-electron chi connectivity index (χ0n) is 16.9. The molecule has 2 heterocycles. The van der Waals surface area contributed by atoms with Crippen molar-refractivity contribution in [3.8, 4) is 39.3 Å². The Bertz CT molecular complexity index is 1420. The summed E-state index contributed by atoms with van der Waals surface area (Å²) in [6, 6.07) is 26.9. The number of nitrogen functional groups attached to an aromatic ring is 1. The molecule has 5 aromatic rings. The number of nitrogens with one attached hydrogen (secondary N) is 1. The molecule has 0 aliphatic rings. The van der Waals surface area contributed by atoms with Gasteiger partial charge in [0.05, 0.1) is 23.9 Å². The lowest BCUT2D eigenvalue weighted by Crippen LogP contribution is -2.19. The molecular weight excluding hydrogens is 388 g/mol. The van der Waals surface area contributed by atoms with E-state index in [0.717, 1.165) is 22.4 Å². The number of fused-ring (bicyclic) bond motifs is 1. The first kappa shape index (κ1) is 18.7. The maximum absolute atomic E-state index is 13.5. The monoisotopic (exact) mass is 408 g/mol. The van der Waals surface area contributed by atoms with Gasteiger partial charge in [-0.05, 0) is 23.3 Å². The van der Waals surface area contributed by atoms with Gasteiger partial charge in [0.2, 0.25) is 0 Å². The van der Waals surface area contributed by atoms with E-state index in [1.807, 2.05) is 60.7 Å². The van der Waals surface area contributed by atoms with Crippen molar-refractivity contribution in [1.82, 2.24) is 14.6 Å². The van der Waals surface area contributed by atoms with Crippen LogP contribution in [0.5, 0.6) is 5.75 Å². The zero-order valence-corrected chi connectivity index (χ0v) is 16.9. The van der Waals surface area contributed by atoms with E-state index in [0.29, 0.717) is 22.5 Å². The number of rotatable bonds is 4. The molecule has 0 amide bonds. The summed E-state index contributed by atoms with van der Waals surface area (Å²) in [6.07, 6.45) is 0. The van der Waals surface area contributed by atoms with Crippen LogP contribution < -0.4 is 16.0 Å². The number of H-pyrrole nitrogens is 1. The molecular formula is C25H20N4O2. The normalized spacial score (nSPS) is 11.0. The number of aromatic nitrogens is 3. The summed E-state index contributed by atoms with van der Waals surface area (Å²) < 4.78 is 6.69. The fourth-order valence-corrected chi connectivity index (χ4v) is 3.81. The van der Waals surface area contributed by atoms with E-state index in [1.54, 1.807) is 31.4 Å². The lowest BCUT2D eigenvalue weighted by molar-refractivity contribution is 0.415. The Morgan fingerprint density at radius 1 is 0.806 bits per heavy atom. The van der Waals surface area contributed by atoms with Crippen molar-refractivity contribution >= 4 is 11.5 Å². The fourth-order valence-electron chi connectivity index (χ4n) is 3.81. The topological polar surface area (TPSA) is 85.4 Å². The summed E-state index contributed by atoms with van der Waals surface area (Å²) in [6.45, 7) is 0. The second kappa shape index (κ2) is 7.50. The first-order valence-electron chi connectivity index (χ1n) is 9.87. The van der Waals surface area contributed by atoms with E-state index < -0.39 is 0 Å². The summed E-state index contributed by atoms with van der Waals surface area (Å²) in [5, 5.41) is 3.27. The van der Waals surface area contributed by atoms with E-state index in [1.165, 1.54) is 4.52 Å². The lowest BCUT2D eigenvalue weighted by Gasteiger charge is -2.07. The summed E-state index contributed by atoms with van der Waals surface area (Å²) in [5.41, 5.74) is 11.1. The first-order valence-corrected chi connectivity index (χ1v) is 9.87. The second-order valence-corrected chi connectivity index (χ2v) is 7.16. The van der Waals surface area contributed by atoms with Crippen LogP contribution in [0, 0.1) is 0 Å². The van der Waals surface area contributed by atoms with E-state index in [-0.39, 0.29) is 11.4 Å². The number of hydrogen-bond acceptors (Lipinski definition) is 4. The number of anilines is 1. The Hall–Kier alpha value is -4.32. The molecule has 2 aromatic heterocycles. The SMILES string of the molecule is COc1ccc(-c2c(N)nc3c(-c4ccccc4)c(-c4ccccc4)[nH]n3c2=O)cc1. The van der Waals surface area contributed by atoms with Gasteiger partial charge in [0.25, 0.3) is 5.56 Å². The Morgan fingerprint density at radius 2 is 1.39 bits per heavy atom. The van der Waals surface area contributed by atoms with Crippen LogP contribution in [0.25, 0.3) is 39.2 Å². The number of methoxy groups -OCH3 is 1. The highest BCUT2D eigenvalue weighted by atomic mass is 16.5. The maximum Gasteiger partial charge on any atom is 0.282 e. The maximum atomic E-state index is 13.5. The van der Waals surface area contributed by atoms with Crippen molar-refractivity contribution in [2.75, 3.05) is 12.8 Å². The third-order valence-electron chi connectivity index (χ3n) is 5.31. The fraction of sp³-hybridized carbons (Fsp3) is 0.0400. The Labute approximate surface area is 178 Å². The van der Waals surface area contributed by atoms with E-state index in [9.17, 15) is 4.79 Å². The van der Waals surface area contributed by atoms with Crippen LogP contribution in [0.4, 0.5) is 5.82 Å². The quantitative estimate of drug-likeness (QED) is 0.455. The minimum atomic E-state index is -0.257. The predicted molar refractivity (Wildman–Crippen MR) is 123 cm³/mol. The molecule has 0 spiro atoms. The van der Waals surface area contributed by atoms with E-state index >= 15 is 0 Å². The lowest BCUT2D eigenvalue weighted by atomic mass is 10.0. The summed E-state index contributed by atoms with van der Waals surface area (Å²) in [4.78, 5) is 18.2. The van der Waals surface area contributed by atoms with Crippen molar-refractivity contribution in [3.63, 3.8) is 0 Å². The van der Waals surface area contributed by atoms with Gasteiger partial charge in [-0.1, -0.05) is 72.8 Å². The largest absolute Gasteiger partial charge is 0.497 e. The van der Waals surface area contributed by atoms with Crippen LogP contribution in [0.15, 0.2) is 89.7 Å². The van der Waals surface area contributed by atoms with Gasteiger partial charge in [-0.25, -0.2) is 4.98 Å². The first-order chi connectivity index (χ1) is 15.2. The number of aromatic amines is 1. The molecule has 3 N–H and O–H groups in total. The predicted octanol–water partition coefficient (Wildman–Crippen LogP) is 4.61. The van der Waals surface area contributed by atoms with Crippen molar-refractivity contribution in [3.05, 3.63) is 95.3 Å². The highest BCUT2D eigenvalue weighted by molar-refractivity contribution is 5.91. The Morgan fingerprint density at radius 3 is 2.00 bits per heavy atom. The molecule has 6 nitrogen and oxygen atoms in total. The third-order valence-corrected chi connectivity index (χ3v) is 5.31. The molecule has 3 aromatic carbocycles. The van der Waals surface area contributed by atoms with Crippen LogP contribution >= 0.6 is 0 Å². The molecule has 31 heavy (non-hydrogen) atoms. The molecule has 0 atom stereocenters. The Kier molecular flexibility index (Phi) is 4.52. The zero-order chi connectivity index (χ0) is 21.4. The van der Waals surface area contributed by atoms with Gasteiger partial charge < -0.3 is 10.5 Å². The van der Waals surface area contributed by atoms with Gasteiger partial charge in [0.15, 0.2) is 5.65 Å². The summed E-state index contributed by atoms with van der Waals surface area (Å²) >= 11 is 0. The summed E-state index contributed by atoms with van der Waals surface area (Å²) in [5.74, 6) is 0.889. The molecule has 0 aliphatic carbocycles. The molecule has 0 unspecified atom stereocenters. The van der Waals surface area contributed by atoms with Crippen LogP contribution in [-0.4, -0.2) is 21.7 Å². The Balaban J connectivity index is 1.82. The molecule has 152 valence electrons. The molecule has 0 saturated heterocycles. The van der Waals surface area contributed by atoms with Gasteiger partial charge in [-0.2, -0.15) is 4.52 Å². The number of benzene rings is 3. The van der Waals surface area contributed by atoms with Crippen molar-refractivity contribution in [2.45, 2.75) is 0 Å². The van der Waals surface area contributed by atoms with Gasteiger partial charge in [0.1, 0.15) is 11.6 Å². The molecule has 0 saturated carbocycles. The van der Waals surface area contributed by atoms with Crippen LogP contribution in [-0.2, 0) is 0 Å². The standard InChI is InChI=1S/C25H20N4O2/c1-31-19-14-12-17(13-15-19)21-23(26)27-24-20(16-8-4-2-5-9-16)22(28-29(24)25(21)30)18-10-6-3-7-11-18/h2-15,28H,26H2,1H3. The van der Waals surface area contributed by atoms with Crippen LogP contribution in [0.2, 0.25) is 0 Å². The minimum absolute atomic E-state index is 0.186. The van der Waals surface area contributed by atoms with Gasteiger partial charge in [0, 0.05) is 5.56 Å². The molecule has 0 aliphatic heterocycles. The van der Waals surface area contributed by atoms with E-state index in [2.05, 4.69) is 10.1 Å². The summed E-state index contributed by atoms with van der Waals surface area (Å²) in [7, 11) is 1.60.